The van der Waals surface area contributed by atoms with Gasteiger partial charge in [0, 0.05) is 20.0 Å². The highest BCUT2D eigenvalue weighted by molar-refractivity contribution is 7.89. The van der Waals surface area contributed by atoms with Gasteiger partial charge in [0.1, 0.15) is 5.75 Å². The monoisotopic (exact) mass is 340 g/mol. The van der Waals surface area contributed by atoms with E-state index in [4.69, 9.17) is 4.74 Å². The number of nitrogens with zero attached hydrogens (tertiary/aromatic N) is 1. The molecule has 1 heterocycles. The number of piperidine rings is 1. The minimum atomic E-state index is -3.55. The minimum absolute atomic E-state index is 0.180. The van der Waals surface area contributed by atoms with E-state index < -0.39 is 10.0 Å². The Labute approximate surface area is 137 Å². The zero-order valence-corrected chi connectivity index (χ0v) is 14.6. The van der Waals surface area contributed by atoms with Crippen molar-refractivity contribution in [3.05, 3.63) is 18.2 Å². The summed E-state index contributed by atoms with van der Waals surface area (Å²) in [5.74, 6) is 0.748. The summed E-state index contributed by atoms with van der Waals surface area (Å²) >= 11 is 0. The van der Waals surface area contributed by atoms with Gasteiger partial charge in [-0.1, -0.05) is 6.92 Å². The second kappa shape index (κ2) is 7.31. The zero-order valence-electron chi connectivity index (χ0n) is 13.8. The van der Waals surface area contributed by atoms with Gasteiger partial charge in [0.25, 0.3) is 0 Å². The summed E-state index contributed by atoms with van der Waals surface area (Å²) in [7, 11) is -3.55. The first-order chi connectivity index (χ1) is 10.8. The van der Waals surface area contributed by atoms with Crippen molar-refractivity contribution in [2.24, 2.45) is 5.92 Å². The van der Waals surface area contributed by atoms with Gasteiger partial charge in [-0.15, -0.1) is 0 Å². The van der Waals surface area contributed by atoms with Crippen molar-refractivity contribution in [3.8, 4) is 5.75 Å². The van der Waals surface area contributed by atoms with Crippen LogP contribution in [-0.4, -0.2) is 38.3 Å². The number of anilines is 1. The lowest BCUT2D eigenvalue weighted by atomic mass is 10.0. The Balaban J connectivity index is 2.32. The molecule has 1 fully saturated rings. The van der Waals surface area contributed by atoms with Crippen molar-refractivity contribution in [2.45, 2.75) is 38.5 Å². The molecule has 0 aromatic heterocycles. The Hall–Kier alpha value is -1.60. The smallest absolute Gasteiger partial charge is 0.243 e. The molecule has 0 radical (unpaired) electrons. The topological polar surface area (TPSA) is 75.7 Å². The fourth-order valence-corrected chi connectivity index (χ4v) is 4.11. The normalized spacial score (nSPS) is 17.0. The maximum atomic E-state index is 12.8. The molecule has 23 heavy (non-hydrogen) atoms. The first-order valence-electron chi connectivity index (χ1n) is 7.89. The van der Waals surface area contributed by atoms with Gasteiger partial charge in [-0.3, -0.25) is 4.79 Å². The predicted molar refractivity (Wildman–Crippen MR) is 89.1 cm³/mol. The van der Waals surface area contributed by atoms with Crippen LogP contribution in [0.3, 0.4) is 0 Å². The molecule has 1 saturated heterocycles. The van der Waals surface area contributed by atoms with Crippen LogP contribution in [0.15, 0.2) is 23.1 Å². The molecule has 128 valence electrons. The maximum absolute atomic E-state index is 12.8. The molecule has 0 aliphatic carbocycles. The van der Waals surface area contributed by atoms with Crippen LogP contribution in [0.5, 0.6) is 5.75 Å². The van der Waals surface area contributed by atoms with Crippen LogP contribution >= 0.6 is 0 Å². The summed E-state index contributed by atoms with van der Waals surface area (Å²) in [5, 5.41) is 2.63. The summed E-state index contributed by atoms with van der Waals surface area (Å²) in [6.07, 6.45) is 1.74. The molecular weight excluding hydrogens is 316 g/mol. The number of benzene rings is 1. The number of hydrogen-bond donors (Lipinski definition) is 1. The number of carbonyl (C=O) groups is 1. The van der Waals surface area contributed by atoms with Crippen molar-refractivity contribution >= 4 is 21.6 Å². The van der Waals surface area contributed by atoms with Crippen molar-refractivity contribution in [2.75, 3.05) is 25.0 Å². The van der Waals surface area contributed by atoms with Crippen molar-refractivity contribution in [1.29, 1.82) is 0 Å². The van der Waals surface area contributed by atoms with Gasteiger partial charge in [0.15, 0.2) is 0 Å². The summed E-state index contributed by atoms with van der Waals surface area (Å²) in [6, 6.07) is 4.59. The van der Waals surface area contributed by atoms with E-state index >= 15 is 0 Å². The fraction of sp³-hybridized carbons (Fsp3) is 0.562. The van der Waals surface area contributed by atoms with E-state index in [1.807, 2.05) is 6.92 Å². The highest BCUT2D eigenvalue weighted by atomic mass is 32.2. The summed E-state index contributed by atoms with van der Waals surface area (Å²) in [6.45, 7) is 6.84. The first kappa shape index (κ1) is 17.7. The number of rotatable bonds is 5. The van der Waals surface area contributed by atoms with Crippen LogP contribution in [0.2, 0.25) is 0 Å². The molecule has 2 rings (SSSR count). The summed E-state index contributed by atoms with van der Waals surface area (Å²) in [5.41, 5.74) is 0.380. The number of sulfonamides is 1. The molecule has 0 atom stereocenters. The van der Waals surface area contributed by atoms with E-state index in [9.17, 15) is 13.2 Å². The highest BCUT2D eigenvalue weighted by Gasteiger charge is 2.28. The molecule has 7 heteroatoms. The molecule has 0 spiro atoms. The number of carbonyl (C=O) groups excluding carboxylic acids is 1. The minimum Gasteiger partial charge on any atom is -0.492 e. The van der Waals surface area contributed by atoms with E-state index in [0.717, 1.165) is 12.8 Å². The van der Waals surface area contributed by atoms with Crippen LogP contribution < -0.4 is 10.1 Å². The van der Waals surface area contributed by atoms with Crippen LogP contribution in [0, 0.1) is 5.92 Å². The van der Waals surface area contributed by atoms with Gasteiger partial charge < -0.3 is 10.1 Å². The van der Waals surface area contributed by atoms with Gasteiger partial charge in [0.05, 0.1) is 17.2 Å². The van der Waals surface area contributed by atoms with Crippen molar-refractivity contribution in [3.63, 3.8) is 0 Å². The lowest BCUT2D eigenvalue weighted by Gasteiger charge is -2.29. The van der Waals surface area contributed by atoms with E-state index in [0.29, 0.717) is 37.1 Å². The summed E-state index contributed by atoms with van der Waals surface area (Å²) in [4.78, 5) is 11.5. The molecule has 1 aromatic rings. The average Bonchev–Trinajstić information content (AvgIpc) is 2.49. The van der Waals surface area contributed by atoms with Crippen LogP contribution in [-0.2, 0) is 14.8 Å². The van der Waals surface area contributed by atoms with E-state index in [-0.39, 0.29) is 10.8 Å². The Kier molecular flexibility index (Phi) is 5.64. The molecule has 0 unspecified atom stereocenters. The molecule has 6 nitrogen and oxygen atoms in total. The second-order valence-corrected chi connectivity index (χ2v) is 7.80. The van der Waals surface area contributed by atoms with Gasteiger partial charge in [-0.25, -0.2) is 8.42 Å². The molecular formula is C16H24N2O4S. The van der Waals surface area contributed by atoms with Gasteiger partial charge >= 0.3 is 0 Å². The average molecular weight is 340 g/mol. The molecule has 1 aromatic carbocycles. The first-order valence-corrected chi connectivity index (χ1v) is 9.33. The predicted octanol–water partition coefficient (Wildman–Crippen LogP) is 2.46. The third kappa shape index (κ3) is 4.23. The van der Waals surface area contributed by atoms with E-state index in [1.165, 1.54) is 23.4 Å². The quantitative estimate of drug-likeness (QED) is 0.893. The number of nitrogens with one attached hydrogen (secondary N) is 1. The fourth-order valence-electron chi connectivity index (χ4n) is 2.61. The second-order valence-electron chi connectivity index (χ2n) is 5.86. The number of hydrogen-bond acceptors (Lipinski definition) is 4. The molecule has 1 amide bonds. The Morgan fingerprint density at radius 2 is 2.00 bits per heavy atom. The number of ether oxygens (including phenoxy) is 1. The largest absolute Gasteiger partial charge is 0.492 e. The Bertz CT molecular complexity index is 665. The van der Waals surface area contributed by atoms with Gasteiger partial charge in [-0.05, 0) is 43.9 Å². The van der Waals surface area contributed by atoms with Crippen LogP contribution in [0.25, 0.3) is 0 Å². The molecule has 0 saturated carbocycles. The van der Waals surface area contributed by atoms with Crippen molar-refractivity contribution in [1.82, 2.24) is 4.31 Å². The number of amides is 1. The lowest BCUT2D eigenvalue weighted by molar-refractivity contribution is -0.114. The Morgan fingerprint density at radius 3 is 2.57 bits per heavy atom. The molecule has 0 bridgehead atoms. The molecule has 1 aliphatic heterocycles. The summed E-state index contributed by atoms with van der Waals surface area (Å²) < 4.78 is 32.5. The SMILES string of the molecule is CCOc1ccc(S(=O)(=O)N2CCC(C)CC2)cc1NC(C)=O. The lowest BCUT2D eigenvalue weighted by Crippen LogP contribution is -2.37. The van der Waals surface area contributed by atoms with Gasteiger partial charge in [-0.2, -0.15) is 4.31 Å². The maximum Gasteiger partial charge on any atom is 0.243 e. The van der Waals surface area contributed by atoms with Gasteiger partial charge in [0.2, 0.25) is 15.9 Å². The van der Waals surface area contributed by atoms with Crippen LogP contribution in [0.1, 0.15) is 33.6 Å². The van der Waals surface area contributed by atoms with E-state index in [1.54, 1.807) is 6.07 Å². The van der Waals surface area contributed by atoms with Crippen molar-refractivity contribution < 1.29 is 17.9 Å². The molecule has 1 aliphatic rings. The third-order valence-electron chi connectivity index (χ3n) is 3.94. The third-order valence-corrected chi connectivity index (χ3v) is 5.84. The highest BCUT2D eigenvalue weighted by Crippen LogP contribution is 2.30. The Morgan fingerprint density at radius 1 is 1.35 bits per heavy atom. The zero-order chi connectivity index (χ0) is 17.0. The van der Waals surface area contributed by atoms with E-state index in [2.05, 4.69) is 12.2 Å². The standard InChI is InChI=1S/C16H24N2O4S/c1-4-22-16-6-5-14(11-15(16)17-13(3)19)23(20,21)18-9-7-12(2)8-10-18/h5-6,11-12H,4,7-10H2,1-3H3,(H,17,19). The van der Waals surface area contributed by atoms with Crippen LogP contribution in [0.4, 0.5) is 5.69 Å². The molecule has 1 N–H and O–H groups in total.